The van der Waals surface area contributed by atoms with Crippen LogP contribution in [0.4, 0.5) is 0 Å². The second kappa shape index (κ2) is 13.5. The molecule has 4 aromatic carbocycles. The summed E-state index contributed by atoms with van der Waals surface area (Å²) in [6, 6.07) is 25.9. The predicted molar refractivity (Wildman–Crippen MR) is 158 cm³/mol. The normalized spacial score (nSPS) is 12.2. The summed E-state index contributed by atoms with van der Waals surface area (Å²) in [5.74, 6) is 0. The number of unbranched alkanes of at least 4 members (excludes halogenated alkanes) is 2. The van der Waals surface area contributed by atoms with Crippen LogP contribution in [0.2, 0.25) is 0 Å². The molecule has 0 unspecified atom stereocenters. The molecule has 0 amide bonds. The quantitative estimate of drug-likeness (QED) is 0.119. The molecule has 0 N–H and O–H groups in total. The average molecular weight is 581 g/mol. The van der Waals surface area contributed by atoms with E-state index in [1.807, 2.05) is 26.0 Å². The average Bonchev–Trinajstić information content (AvgIpc) is 2.94. The third-order valence-electron chi connectivity index (χ3n) is 6.88. The maximum Gasteiger partial charge on any atom is 0.296 e. The van der Waals surface area contributed by atoms with Gasteiger partial charge in [-0.3, -0.25) is 8.37 Å². The largest absolute Gasteiger partial charge is 0.296 e. The van der Waals surface area contributed by atoms with E-state index in [0.29, 0.717) is 12.8 Å². The smallest absolute Gasteiger partial charge is 0.266 e. The Morgan fingerprint density at radius 3 is 1.25 bits per heavy atom. The molecule has 0 fully saturated rings. The van der Waals surface area contributed by atoms with Crippen LogP contribution in [0.15, 0.2) is 94.7 Å². The van der Waals surface area contributed by atoms with Crippen LogP contribution in [-0.2, 0) is 41.4 Å². The van der Waals surface area contributed by atoms with Crippen molar-refractivity contribution in [2.45, 2.75) is 62.2 Å². The highest BCUT2D eigenvalue weighted by Crippen LogP contribution is 2.26. The van der Waals surface area contributed by atoms with Crippen molar-refractivity contribution in [1.29, 1.82) is 0 Å². The van der Waals surface area contributed by atoms with E-state index >= 15 is 0 Å². The summed E-state index contributed by atoms with van der Waals surface area (Å²) in [6.45, 7) is 4.11. The fourth-order valence-corrected chi connectivity index (χ4v) is 6.46. The summed E-state index contributed by atoms with van der Waals surface area (Å²) in [7, 11) is -7.48. The van der Waals surface area contributed by atoms with Crippen LogP contribution >= 0.6 is 0 Å². The van der Waals surface area contributed by atoms with Crippen molar-refractivity contribution in [3.8, 4) is 0 Å². The molecule has 0 heterocycles. The number of aryl methyl sites for hydroxylation is 4. The number of hydrogen-bond acceptors (Lipinski definition) is 6. The van der Waals surface area contributed by atoms with Gasteiger partial charge in [0.2, 0.25) is 0 Å². The molecular weight excluding hydrogens is 544 g/mol. The number of hydrogen-bond donors (Lipinski definition) is 0. The molecule has 0 aliphatic rings. The van der Waals surface area contributed by atoms with Crippen LogP contribution < -0.4 is 0 Å². The van der Waals surface area contributed by atoms with Crippen LogP contribution in [0, 0.1) is 13.8 Å². The Labute approximate surface area is 238 Å². The van der Waals surface area contributed by atoms with Crippen LogP contribution in [0.5, 0.6) is 0 Å². The van der Waals surface area contributed by atoms with E-state index in [4.69, 9.17) is 8.37 Å². The van der Waals surface area contributed by atoms with Gasteiger partial charge >= 0.3 is 0 Å². The van der Waals surface area contributed by atoms with Gasteiger partial charge < -0.3 is 0 Å². The Morgan fingerprint density at radius 2 is 0.875 bits per heavy atom. The highest BCUT2D eigenvalue weighted by Gasteiger charge is 2.16. The number of fused-ring (bicyclic) bond motifs is 1. The number of rotatable bonds is 14. The van der Waals surface area contributed by atoms with Gasteiger partial charge in [-0.05, 0) is 98.5 Å². The summed E-state index contributed by atoms with van der Waals surface area (Å²) >= 11 is 0. The van der Waals surface area contributed by atoms with Gasteiger partial charge in [0.25, 0.3) is 20.2 Å². The van der Waals surface area contributed by atoms with E-state index in [1.54, 1.807) is 48.5 Å². The molecule has 8 heteroatoms. The van der Waals surface area contributed by atoms with E-state index in [9.17, 15) is 16.8 Å². The Kier molecular flexibility index (Phi) is 10.1. The van der Waals surface area contributed by atoms with Gasteiger partial charge in [-0.2, -0.15) is 16.8 Å². The molecule has 0 radical (unpaired) electrons. The van der Waals surface area contributed by atoms with Crippen molar-refractivity contribution in [1.82, 2.24) is 0 Å². The predicted octanol–water partition coefficient (Wildman–Crippen LogP) is 6.91. The molecule has 0 atom stereocenters. The summed E-state index contributed by atoms with van der Waals surface area (Å²) in [6.07, 6.45) is 4.51. The Bertz CT molecular complexity index is 1500. The lowest BCUT2D eigenvalue weighted by Gasteiger charge is -2.12. The van der Waals surface area contributed by atoms with E-state index in [1.165, 1.54) is 21.9 Å². The minimum absolute atomic E-state index is 0.147. The zero-order valence-corrected chi connectivity index (χ0v) is 24.6. The highest BCUT2D eigenvalue weighted by atomic mass is 32.2. The zero-order valence-electron chi connectivity index (χ0n) is 23.0. The SMILES string of the molecule is Cc1ccc(S(=O)(=O)OCCCCc2ccc(CCCCOS(=O)(=O)c3ccc(C)cc3)c3ccccc23)cc1. The second-order valence-electron chi connectivity index (χ2n) is 10.0. The van der Waals surface area contributed by atoms with Crippen molar-refractivity contribution in [2.75, 3.05) is 13.2 Å². The molecule has 4 rings (SSSR count). The van der Waals surface area contributed by atoms with Crippen molar-refractivity contribution >= 4 is 31.0 Å². The molecule has 0 saturated heterocycles. The molecular formula is C32H36O6S2. The lowest BCUT2D eigenvalue weighted by molar-refractivity contribution is 0.308. The zero-order chi connectivity index (χ0) is 28.6. The van der Waals surface area contributed by atoms with Crippen LogP contribution in [0.3, 0.4) is 0 Å². The Morgan fingerprint density at radius 1 is 0.500 bits per heavy atom. The van der Waals surface area contributed by atoms with Crippen LogP contribution in [0.1, 0.15) is 47.9 Å². The number of benzene rings is 4. The summed E-state index contributed by atoms with van der Waals surface area (Å²) in [5.41, 5.74) is 4.42. The summed E-state index contributed by atoms with van der Waals surface area (Å²) in [5, 5.41) is 2.37. The Hall–Kier alpha value is -3.04. The van der Waals surface area contributed by atoms with Crippen molar-refractivity contribution < 1.29 is 25.2 Å². The molecule has 4 aromatic rings. The Balaban J connectivity index is 1.26. The first kappa shape index (κ1) is 29.9. The first-order valence-corrected chi connectivity index (χ1v) is 16.4. The topological polar surface area (TPSA) is 86.7 Å². The summed E-state index contributed by atoms with van der Waals surface area (Å²) in [4.78, 5) is 0.360. The monoisotopic (exact) mass is 580 g/mol. The molecule has 0 aliphatic carbocycles. The molecule has 0 spiro atoms. The van der Waals surface area contributed by atoms with E-state index in [-0.39, 0.29) is 23.0 Å². The maximum atomic E-state index is 12.4. The van der Waals surface area contributed by atoms with Gasteiger partial charge in [0, 0.05) is 0 Å². The minimum Gasteiger partial charge on any atom is -0.266 e. The van der Waals surface area contributed by atoms with E-state index in [2.05, 4.69) is 24.3 Å². The maximum absolute atomic E-state index is 12.4. The minimum atomic E-state index is -3.74. The third-order valence-corrected chi connectivity index (χ3v) is 9.53. The van der Waals surface area contributed by atoms with Gasteiger partial charge in [0.1, 0.15) is 0 Å². The van der Waals surface area contributed by atoms with Gasteiger partial charge in [0.05, 0.1) is 23.0 Å². The first-order chi connectivity index (χ1) is 19.2. The molecule has 0 aromatic heterocycles. The molecule has 6 nitrogen and oxygen atoms in total. The first-order valence-electron chi connectivity index (χ1n) is 13.6. The van der Waals surface area contributed by atoms with Crippen molar-refractivity contribution in [3.63, 3.8) is 0 Å². The standard InChI is InChI=1S/C32H36O6S2/c1-25-13-19-29(20-14-25)39(33,34)37-23-7-5-9-27-17-18-28(32-12-4-3-11-31(27)32)10-6-8-24-38-40(35,36)30-21-15-26(2)16-22-30/h3-4,11-22H,5-10,23-24H2,1-2H3. The molecule has 0 bridgehead atoms. The van der Waals surface area contributed by atoms with Gasteiger partial charge in [-0.25, -0.2) is 0 Å². The van der Waals surface area contributed by atoms with Crippen molar-refractivity contribution in [3.05, 3.63) is 107 Å². The van der Waals surface area contributed by atoms with Gasteiger partial charge in [-0.15, -0.1) is 0 Å². The van der Waals surface area contributed by atoms with E-state index < -0.39 is 20.2 Å². The lowest BCUT2D eigenvalue weighted by Crippen LogP contribution is -2.08. The molecule has 40 heavy (non-hydrogen) atoms. The third kappa shape index (κ3) is 8.01. The highest BCUT2D eigenvalue weighted by molar-refractivity contribution is 7.87. The molecule has 212 valence electrons. The fourth-order valence-electron chi connectivity index (χ4n) is 4.58. The molecule has 0 saturated carbocycles. The van der Waals surface area contributed by atoms with Crippen LogP contribution in [-0.4, -0.2) is 30.0 Å². The van der Waals surface area contributed by atoms with Gasteiger partial charge in [-0.1, -0.05) is 71.8 Å². The molecule has 0 aliphatic heterocycles. The van der Waals surface area contributed by atoms with Gasteiger partial charge in [0.15, 0.2) is 0 Å². The second-order valence-corrected chi connectivity index (χ2v) is 13.3. The van der Waals surface area contributed by atoms with E-state index in [0.717, 1.165) is 36.8 Å². The summed E-state index contributed by atoms with van der Waals surface area (Å²) < 4.78 is 60.0. The fraction of sp³-hybridized carbons (Fsp3) is 0.312. The van der Waals surface area contributed by atoms with Crippen LogP contribution in [0.25, 0.3) is 10.8 Å². The lowest BCUT2D eigenvalue weighted by atomic mass is 9.94. The van der Waals surface area contributed by atoms with Crippen molar-refractivity contribution in [2.24, 2.45) is 0 Å².